The van der Waals surface area contributed by atoms with Crippen LogP contribution in [0, 0.1) is 41.3 Å². The molecular weight excluding hydrogens is 439 g/mol. The molecule has 194 valence electrons. The second kappa shape index (κ2) is 12.9. The Morgan fingerprint density at radius 2 is 1.83 bits per heavy atom. The zero-order chi connectivity index (χ0) is 24.6. The largest absolute Gasteiger partial charge is 0.486 e. The molecule has 0 radical (unpaired) electrons. The van der Waals surface area contributed by atoms with Crippen LogP contribution in [0.4, 0.5) is 4.39 Å². The molecular formula is C31H45FO3. The van der Waals surface area contributed by atoms with Gasteiger partial charge in [-0.3, -0.25) is 4.79 Å². The van der Waals surface area contributed by atoms with Crippen molar-refractivity contribution in [2.45, 2.75) is 96.8 Å². The van der Waals surface area contributed by atoms with Gasteiger partial charge >= 0.3 is 5.97 Å². The third-order valence-electron chi connectivity index (χ3n) is 9.24. The van der Waals surface area contributed by atoms with E-state index in [0.29, 0.717) is 11.8 Å². The third-order valence-corrected chi connectivity index (χ3v) is 9.24. The fourth-order valence-corrected chi connectivity index (χ4v) is 7.35. The minimum Gasteiger partial charge on any atom is -0.486 e. The Kier molecular flexibility index (Phi) is 9.68. The smallest absolute Gasteiger partial charge is 0.314 e. The number of hydrogen-bond acceptors (Lipinski definition) is 3. The number of unbranched alkanes of at least 4 members (excludes halogenated alkanes) is 2. The van der Waals surface area contributed by atoms with Crippen LogP contribution < -0.4 is 9.47 Å². The summed E-state index contributed by atoms with van der Waals surface area (Å²) >= 11 is 0. The molecule has 4 rings (SSSR count). The first-order valence-corrected chi connectivity index (χ1v) is 14.3. The van der Waals surface area contributed by atoms with Crippen LogP contribution in [0.1, 0.15) is 96.8 Å². The molecule has 4 unspecified atom stereocenters. The molecule has 3 aliphatic carbocycles. The van der Waals surface area contributed by atoms with Gasteiger partial charge in [-0.25, -0.2) is 4.39 Å². The van der Waals surface area contributed by atoms with Gasteiger partial charge in [0, 0.05) is 6.07 Å². The van der Waals surface area contributed by atoms with Gasteiger partial charge in [-0.15, -0.1) is 0 Å². The molecule has 35 heavy (non-hydrogen) atoms. The minimum absolute atomic E-state index is 0.0521. The van der Waals surface area contributed by atoms with Crippen molar-refractivity contribution < 1.29 is 18.7 Å². The summed E-state index contributed by atoms with van der Waals surface area (Å²) in [5.74, 6) is 3.46. The highest BCUT2D eigenvalue weighted by Gasteiger charge is 2.43. The lowest BCUT2D eigenvalue weighted by atomic mass is 9.59. The molecule has 4 atom stereocenters. The van der Waals surface area contributed by atoms with Gasteiger partial charge in [0.15, 0.2) is 11.6 Å². The normalized spacial score (nSPS) is 30.8. The zero-order valence-corrected chi connectivity index (χ0v) is 21.7. The SMILES string of the molecule is C=CCOc1ccc(OC(=O)C2CCCC3CC(C4CCC(CCCCC)CC4)CCC32)cc1F. The van der Waals surface area contributed by atoms with Crippen LogP contribution >= 0.6 is 0 Å². The zero-order valence-electron chi connectivity index (χ0n) is 21.7. The maximum Gasteiger partial charge on any atom is 0.314 e. The Morgan fingerprint density at radius 3 is 2.57 bits per heavy atom. The highest BCUT2D eigenvalue weighted by atomic mass is 19.1. The van der Waals surface area contributed by atoms with Crippen LogP contribution in [0.25, 0.3) is 0 Å². The molecule has 3 nitrogen and oxygen atoms in total. The fourth-order valence-electron chi connectivity index (χ4n) is 7.35. The monoisotopic (exact) mass is 484 g/mol. The van der Waals surface area contributed by atoms with Gasteiger partial charge < -0.3 is 9.47 Å². The van der Waals surface area contributed by atoms with Crippen LogP contribution in [-0.2, 0) is 4.79 Å². The Hall–Kier alpha value is -1.84. The van der Waals surface area contributed by atoms with Crippen LogP contribution in [0.15, 0.2) is 30.9 Å². The molecule has 3 aliphatic rings. The summed E-state index contributed by atoms with van der Waals surface area (Å²) in [6.45, 7) is 6.11. The summed E-state index contributed by atoms with van der Waals surface area (Å²) in [6.07, 6.45) is 19.8. The Morgan fingerprint density at radius 1 is 1.03 bits per heavy atom. The van der Waals surface area contributed by atoms with Crippen LogP contribution in [0.5, 0.6) is 11.5 Å². The molecule has 0 heterocycles. The van der Waals surface area contributed by atoms with E-state index in [1.54, 1.807) is 12.1 Å². The van der Waals surface area contributed by atoms with Crippen molar-refractivity contribution in [2.24, 2.45) is 35.5 Å². The number of hydrogen-bond donors (Lipinski definition) is 0. The summed E-state index contributed by atoms with van der Waals surface area (Å²) in [7, 11) is 0. The van der Waals surface area contributed by atoms with Crippen molar-refractivity contribution in [1.29, 1.82) is 0 Å². The van der Waals surface area contributed by atoms with Crippen molar-refractivity contribution in [3.8, 4) is 11.5 Å². The van der Waals surface area contributed by atoms with E-state index < -0.39 is 5.82 Å². The number of ether oxygens (including phenoxy) is 2. The standard InChI is InChI=1S/C31H45FO3/c1-3-5-6-8-22-11-13-23(14-12-22)24-15-17-27-25(20-24)9-7-10-28(27)31(33)35-26-16-18-30(29(32)21-26)34-19-4-2/h4,16,18,21-25,27-28H,2-3,5-15,17,19-20H2,1H3. The maximum atomic E-state index is 14.3. The van der Waals surface area contributed by atoms with E-state index in [1.807, 2.05) is 0 Å². The van der Waals surface area contributed by atoms with Gasteiger partial charge in [0.25, 0.3) is 0 Å². The average molecular weight is 485 g/mol. The summed E-state index contributed by atoms with van der Waals surface area (Å²) < 4.78 is 25.3. The number of rotatable bonds is 10. The average Bonchev–Trinajstić information content (AvgIpc) is 2.88. The summed E-state index contributed by atoms with van der Waals surface area (Å²) in [4.78, 5) is 13.1. The molecule has 1 aromatic carbocycles. The van der Waals surface area contributed by atoms with E-state index in [4.69, 9.17) is 9.47 Å². The number of esters is 1. The number of benzene rings is 1. The van der Waals surface area contributed by atoms with Crippen LogP contribution in [0.3, 0.4) is 0 Å². The molecule has 0 saturated heterocycles. The summed E-state index contributed by atoms with van der Waals surface area (Å²) in [6, 6.07) is 4.40. The lowest BCUT2D eigenvalue weighted by molar-refractivity contribution is -0.144. The molecule has 4 heteroatoms. The van der Waals surface area contributed by atoms with E-state index in [1.165, 1.54) is 82.8 Å². The van der Waals surface area contributed by atoms with Gasteiger partial charge in [0.2, 0.25) is 0 Å². The van der Waals surface area contributed by atoms with Crippen molar-refractivity contribution in [1.82, 2.24) is 0 Å². The number of carbonyl (C=O) groups excluding carboxylic acids is 1. The first kappa shape index (κ1) is 26.2. The second-order valence-electron chi connectivity index (χ2n) is 11.4. The van der Waals surface area contributed by atoms with E-state index >= 15 is 0 Å². The van der Waals surface area contributed by atoms with Crippen molar-refractivity contribution in [3.05, 3.63) is 36.7 Å². The van der Waals surface area contributed by atoms with Gasteiger partial charge in [-0.2, -0.15) is 0 Å². The minimum atomic E-state index is -0.515. The van der Waals surface area contributed by atoms with Crippen LogP contribution in [-0.4, -0.2) is 12.6 Å². The first-order chi connectivity index (χ1) is 17.1. The van der Waals surface area contributed by atoms with Gasteiger partial charge in [-0.05, 0) is 80.2 Å². The number of halogens is 1. The van der Waals surface area contributed by atoms with E-state index in [0.717, 1.165) is 37.0 Å². The van der Waals surface area contributed by atoms with Crippen molar-refractivity contribution >= 4 is 5.97 Å². The van der Waals surface area contributed by atoms with E-state index in [2.05, 4.69) is 13.5 Å². The highest BCUT2D eigenvalue weighted by molar-refractivity contribution is 5.75. The second-order valence-corrected chi connectivity index (χ2v) is 11.4. The first-order valence-electron chi connectivity index (χ1n) is 14.3. The fraction of sp³-hybridized carbons (Fsp3) is 0.710. The van der Waals surface area contributed by atoms with E-state index in [9.17, 15) is 9.18 Å². The Bertz CT molecular complexity index is 829. The molecule has 3 fully saturated rings. The topological polar surface area (TPSA) is 35.5 Å². The predicted octanol–water partition coefficient (Wildman–Crippen LogP) is 8.52. The highest BCUT2D eigenvalue weighted by Crippen LogP contribution is 2.50. The predicted molar refractivity (Wildman–Crippen MR) is 139 cm³/mol. The number of fused-ring (bicyclic) bond motifs is 1. The van der Waals surface area contributed by atoms with Crippen LogP contribution in [0.2, 0.25) is 0 Å². The molecule has 0 amide bonds. The van der Waals surface area contributed by atoms with Gasteiger partial charge in [0.05, 0.1) is 5.92 Å². The lowest BCUT2D eigenvalue weighted by Gasteiger charge is -2.46. The maximum absolute atomic E-state index is 14.3. The van der Waals surface area contributed by atoms with E-state index in [-0.39, 0.29) is 30.0 Å². The number of carbonyl (C=O) groups is 1. The van der Waals surface area contributed by atoms with Crippen molar-refractivity contribution in [3.63, 3.8) is 0 Å². The Balaban J connectivity index is 1.28. The molecule has 3 saturated carbocycles. The van der Waals surface area contributed by atoms with Gasteiger partial charge in [-0.1, -0.05) is 70.9 Å². The molecule has 0 aliphatic heterocycles. The van der Waals surface area contributed by atoms with Gasteiger partial charge in [0.1, 0.15) is 12.4 Å². The quantitative estimate of drug-likeness (QED) is 0.144. The molecule has 1 aromatic rings. The lowest BCUT2D eigenvalue weighted by Crippen LogP contribution is -2.40. The molecule has 0 bridgehead atoms. The third kappa shape index (κ3) is 6.89. The Labute approximate surface area is 211 Å². The molecule has 0 aromatic heterocycles. The molecule has 0 spiro atoms. The summed E-state index contributed by atoms with van der Waals surface area (Å²) in [5.41, 5.74) is 0. The summed E-state index contributed by atoms with van der Waals surface area (Å²) in [5, 5.41) is 0. The molecule has 0 N–H and O–H groups in total. The van der Waals surface area contributed by atoms with Crippen molar-refractivity contribution in [2.75, 3.05) is 6.61 Å².